The van der Waals surface area contributed by atoms with Gasteiger partial charge in [0.2, 0.25) is 0 Å². The Bertz CT molecular complexity index is 888. The zero-order valence-electron chi connectivity index (χ0n) is 17.7. The third-order valence-electron chi connectivity index (χ3n) is 5.15. The third-order valence-corrected chi connectivity index (χ3v) is 5.15. The minimum absolute atomic E-state index is 0.0322. The average molecular weight is 399 g/mol. The number of nitrogens with one attached hydrogen (secondary N) is 2. The summed E-state index contributed by atoms with van der Waals surface area (Å²) in [6.45, 7) is 9.77. The number of aromatic amines is 1. The van der Waals surface area contributed by atoms with Crippen LogP contribution in [0, 0.1) is 5.41 Å². The number of hydrogen-bond donors (Lipinski definition) is 2. The number of benzene rings is 1. The number of carbonyl (C=O) groups is 1. The molecule has 2 aromatic rings. The number of H-pyrrole nitrogens is 1. The molecule has 1 aliphatic rings. The summed E-state index contributed by atoms with van der Waals surface area (Å²) >= 11 is 0. The maximum atomic E-state index is 12.9. The number of amides is 2. The van der Waals surface area contributed by atoms with Gasteiger partial charge >= 0.3 is 6.03 Å². The van der Waals surface area contributed by atoms with E-state index in [-0.39, 0.29) is 11.4 Å². The molecule has 3 rings (SSSR count). The van der Waals surface area contributed by atoms with Crippen molar-refractivity contribution in [1.82, 2.24) is 20.4 Å². The summed E-state index contributed by atoms with van der Waals surface area (Å²) in [5, 5.41) is 10.3. The van der Waals surface area contributed by atoms with Crippen molar-refractivity contribution in [2.24, 2.45) is 5.41 Å². The Hall–Kier alpha value is -2.96. The van der Waals surface area contributed by atoms with Crippen LogP contribution in [0.3, 0.4) is 0 Å². The summed E-state index contributed by atoms with van der Waals surface area (Å²) in [5.74, 6) is 1.35. The quantitative estimate of drug-likeness (QED) is 0.731. The highest BCUT2D eigenvalue weighted by Crippen LogP contribution is 2.33. The highest BCUT2D eigenvalue weighted by molar-refractivity contribution is 5.74. The van der Waals surface area contributed by atoms with Crippen LogP contribution in [0.2, 0.25) is 0 Å². The van der Waals surface area contributed by atoms with Crippen molar-refractivity contribution in [2.45, 2.75) is 39.8 Å². The highest BCUT2D eigenvalue weighted by atomic mass is 16.5. The van der Waals surface area contributed by atoms with E-state index in [0.29, 0.717) is 37.6 Å². The lowest BCUT2D eigenvalue weighted by molar-refractivity contribution is 0.168. The number of fused-ring (bicyclic) bond motifs is 1. The summed E-state index contributed by atoms with van der Waals surface area (Å²) in [7, 11) is 3.23. The predicted molar refractivity (Wildman–Crippen MR) is 112 cm³/mol. The molecule has 0 fully saturated rings. The molecular formula is C22H30N4O3. The number of methoxy groups -OCH3 is 2. The Kier molecular flexibility index (Phi) is 6.15. The lowest BCUT2D eigenvalue weighted by Crippen LogP contribution is -2.43. The molecule has 0 unspecified atom stereocenters. The first-order valence-corrected chi connectivity index (χ1v) is 9.75. The molecule has 2 heterocycles. The summed E-state index contributed by atoms with van der Waals surface area (Å²) in [6.07, 6.45) is 5.16. The first kappa shape index (κ1) is 20.8. The Morgan fingerprint density at radius 3 is 2.86 bits per heavy atom. The molecule has 0 spiro atoms. The van der Waals surface area contributed by atoms with E-state index >= 15 is 0 Å². The van der Waals surface area contributed by atoms with Crippen LogP contribution in [0.5, 0.6) is 11.5 Å². The molecule has 1 aromatic carbocycles. The number of carbonyl (C=O) groups excluding carboxylic acids is 1. The molecule has 29 heavy (non-hydrogen) atoms. The fourth-order valence-electron chi connectivity index (χ4n) is 3.89. The monoisotopic (exact) mass is 398 g/mol. The van der Waals surface area contributed by atoms with Crippen LogP contribution >= 0.6 is 0 Å². The van der Waals surface area contributed by atoms with Gasteiger partial charge in [0.15, 0.2) is 11.5 Å². The van der Waals surface area contributed by atoms with Gasteiger partial charge in [-0.05, 0) is 36.0 Å². The van der Waals surface area contributed by atoms with Crippen LogP contribution in [0.15, 0.2) is 31.0 Å². The van der Waals surface area contributed by atoms with Gasteiger partial charge in [-0.1, -0.05) is 19.9 Å². The molecule has 0 saturated heterocycles. The normalized spacial score (nSPS) is 15.2. The van der Waals surface area contributed by atoms with E-state index in [9.17, 15) is 4.79 Å². The molecule has 2 amide bonds. The summed E-state index contributed by atoms with van der Waals surface area (Å²) in [4.78, 5) is 14.8. The first-order chi connectivity index (χ1) is 13.9. The van der Waals surface area contributed by atoms with Gasteiger partial charge in [0.05, 0.1) is 27.0 Å². The molecular weight excluding hydrogens is 368 g/mol. The van der Waals surface area contributed by atoms with E-state index in [2.05, 4.69) is 35.9 Å². The second kappa shape index (κ2) is 8.59. The van der Waals surface area contributed by atoms with Gasteiger partial charge in [-0.15, -0.1) is 6.58 Å². The van der Waals surface area contributed by atoms with Crippen LogP contribution in [-0.2, 0) is 25.9 Å². The van der Waals surface area contributed by atoms with Gasteiger partial charge < -0.3 is 19.7 Å². The van der Waals surface area contributed by atoms with E-state index in [1.54, 1.807) is 14.2 Å². The number of aromatic nitrogens is 2. The second-order valence-corrected chi connectivity index (χ2v) is 8.21. The minimum atomic E-state index is -0.0906. The second-order valence-electron chi connectivity index (χ2n) is 8.21. The number of rotatable bonds is 6. The molecule has 7 heteroatoms. The standard InChI is InChI=1S/C22H30N4O3/c1-6-7-16-8-15(9-19(28-4)20(16)29-5)11-23-21(27)26-13-17-12-24-25-18(17)10-22(2,3)14-26/h6,8-9,12H,1,7,10-11,13-14H2,2-5H3,(H,23,27)(H,24,25). The molecule has 0 bridgehead atoms. The van der Waals surface area contributed by atoms with E-state index in [1.807, 2.05) is 29.3 Å². The Morgan fingerprint density at radius 2 is 2.17 bits per heavy atom. The van der Waals surface area contributed by atoms with Crippen molar-refractivity contribution in [3.05, 3.63) is 53.4 Å². The molecule has 0 radical (unpaired) electrons. The molecule has 156 valence electrons. The van der Waals surface area contributed by atoms with Crippen LogP contribution in [0.1, 0.15) is 36.2 Å². The molecule has 1 aliphatic heterocycles. The van der Waals surface area contributed by atoms with E-state index < -0.39 is 0 Å². The van der Waals surface area contributed by atoms with E-state index in [1.165, 1.54) is 0 Å². The van der Waals surface area contributed by atoms with Crippen molar-refractivity contribution in [3.8, 4) is 11.5 Å². The largest absolute Gasteiger partial charge is 0.493 e. The summed E-state index contributed by atoms with van der Waals surface area (Å²) in [6, 6.07) is 3.82. The molecule has 1 aromatic heterocycles. The Morgan fingerprint density at radius 1 is 1.38 bits per heavy atom. The Labute approximate surface area is 172 Å². The van der Waals surface area contributed by atoms with Crippen molar-refractivity contribution < 1.29 is 14.3 Å². The van der Waals surface area contributed by atoms with E-state index in [4.69, 9.17) is 9.47 Å². The van der Waals surface area contributed by atoms with Crippen LogP contribution in [0.25, 0.3) is 0 Å². The van der Waals surface area contributed by atoms with Gasteiger partial charge in [-0.2, -0.15) is 5.10 Å². The number of nitrogens with zero attached hydrogens (tertiary/aromatic N) is 2. The number of allylic oxidation sites excluding steroid dienone is 1. The number of hydrogen-bond acceptors (Lipinski definition) is 4. The van der Waals surface area contributed by atoms with Crippen molar-refractivity contribution >= 4 is 6.03 Å². The van der Waals surface area contributed by atoms with Crippen molar-refractivity contribution in [1.29, 1.82) is 0 Å². The highest BCUT2D eigenvalue weighted by Gasteiger charge is 2.31. The first-order valence-electron chi connectivity index (χ1n) is 9.75. The topological polar surface area (TPSA) is 79.5 Å². The average Bonchev–Trinajstić information content (AvgIpc) is 3.05. The van der Waals surface area contributed by atoms with Gasteiger partial charge in [-0.25, -0.2) is 4.79 Å². The fraction of sp³-hybridized carbons (Fsp3) is 0.455. The summed E-state index contributed by atoms with van der Waals surface area (Å²) < 4.78 is 10.9. The molecule has 0 atom stereocenters. The smallest absolute Gasteiger partial charge is 0.317 e. The van der Waals surface area contributed by atoms with Crippen molar-refractivity contribution in [2.75, 3.05) is 20.8 Å². The van der Waals surface area contributed by atoms with Crippen LogP contribution < -0.4 is 14.8 Å². The third kappa shape index (κ3) is 4.72. The van der Waals surface area contributed by atoms with Crippen molar-refractivity contribution in [3.63, 3.8) is 0 Å². The fourth-order valence-corrected chi connectivity index (χ4v) is 3.89. The summed E-state index contributed by atoms with van der Waals surface area (Å²) in [5.41, 5.74) is 4.08. The SMILES string of the molecule is C=CCc1cc(CNC(=O)N2Cc3cn[nH]c3CC(C)(C)C2)cc(OC)c1OC. The van der Waals surface area contributed by atoms with Gasteiger partial charge in [0.1, 0.15) is 0 Å². The maximum Gasteiger partial charge on any atom is 0.317 e. The molecule has 7 nitrogen and oxygen atoms in total. The Balaban J connectivity index is 1.75. The maximum absolute atomic E-state index is 12.9. The number of ether oxygens (including phenoxy) is 2. The van der Waals surface area contributed by atoms with Crippen LogP contribution in [0.4, 0.5) is 4.79 Å². The lowest BCUT2D eigenvalue weighted by atomic mass is 9.88. The zero-order valence-corrected chi connectivity index (χ0v) is 17.7. The molecule has 2 N–H and O–H groups in total. The van der Waals surface area contributed by atoms with Gasteiger partial charge in [-0.3, -0.25) is 5.10 Å². The molecule has 0 saturated carbocycles. The van der Waals surface area contributed by atoms with Gasteiger partial charge in [0.25, 0.3) is 0 Å². The number of urea groups is 1. The van der Waals surface area contributed by atoms with E-state index in [0.717, 1.165) is 28.8 Å². The molecule has 0 aliphatic carbocycles. The predicted octanol–water partition coefficient (Wildman–Crippen LogP) is 3.45. The zero-order chi connectivity index (χ0) is 21.0. The minimum Gasteiger partial charge on any atom is -0.493 e. The lowest BCUT2D eigenvalue weighted by Gasteiger charge is -2.29. The van der Waals surface area contributed by atoms with Gasteiger partial charge in [0, 0.05) is 29.9 Å². The van der Waals surface area contributed by atoms with Crippen LogP contribution in [-0.4, -0.2) is 41.9 Å².